The van der Waals surface area contributed by atoms with Gasteiger partial charge < -0.3 is 34.8 Å². The van der Waals surface area contributed by atoms with Crippen LogP contribution in [0.25, 0.3) is 11.4 Å². The maximum Gasteiger partial charge on any atom is 0.407 e. The van der Waals surface area contributed by atoms with E-state index in [0.29, 0.717) is 25.2 Å². The average molecular weight is 485 g/mol. The number of benzene rings is 1. The Bertz CT molecular complexity index is 1050. The van der Waals surface area contributed by atoms with E-state index < -0.39 is 30.6 Å². The molecular weight excluding hydrogens is 458 g/mol. The molecule has 3 amide bonds. The fourth-order valence-corrected chi connectivity index (χ4v) is 3.85. The number of hydrogen-bond acceptors (Lipinski definition) is 8. The predicted octanol–water partition coefficient (Wildman–Crippen LogP) is 0.224. The lowest BCUT2D eigenvalue weighted by Gasteiger charge is -2.34. The van der Waals surface area contributed by atoms with Crippen LogP contribution in [0.15, 0.2) is 36.4 Å². The summed E-state index contributed by atoms with van der Waals surface area (Å²) in [5, 5.41) is 21.4. The third-order valence-corrected chi connectivity index (χ3v) is 5.79. The number of aliphatic hydroxyl groups excluding tert-OH is 1. The fourth-order valence-electron chi connectivity index (χ4n) is 3.85. The van der Waals surface area contributed by atoms with E-state index in [2.05, 4.69) is 15.3 Å². The number of piperazine rings is 1. The summed E-state index contributed by atoms with van der Waals surface area (Å²) < 4.78 is 11.2. The molecule has 12 heteroatoms. The number of aromatic nitrogens is 2. The molecule has 0 bridgehead atoms. The van der Waals surface area contributed by atoms with Gasteiger partial charge in [0.25, 0.3) is 5.91 Å². The van der Waals surface area contributed by atoms with Gasteiger partial charge in [-0.05, 0) is 0 Å². The molecule has 0 saturated carbocycles. The average Bonchev–Trinajstić information content (AvgIpc) is 3.40. The summed E-state index contributed by atoms with van der Waals surface area (Å²) in [5.41, 5.74) is 0.662. The van der Waals surface area contributed by atoms with Crippen LogP contribution in [-0.4, -0.2) is 106 Å². The highest BCUT2D eigenvalue weighted by molar-refractivity contribution is 5.96. The van der Waals surface area contributed by atoms with Gasteiger partial charge in [0, 0.05) is 44.2 Å². The van der Waals surface area contributed by atoms with Crippen molar-refractivity contribution < 1.29 is 34.1 Å². The number of hydrogen-bond donors (Lipinski definition) is 3. The van der Waals surface area contributed by atoms with E-state index in [9.17, 15) is 19.5 Å². The van der Waals surface area contributed by atoms with Crippen LogP contribution < -0.4 is 10.1 Å². The first-order valence-electron chi connectivity index (χ1n) is 11.3. The number of nitrogens with zero attached hydrogens (tertiary/aromatic N) is 4. The van der Waals surface area contributed by atoms with Gasteiger partial charge in [0.1, 0.15) is 17.8 Å². The highest BCUT2D eigenvalue weighted by Gasteiger charge is 2.30. The molecule has 2 atom stereocenters. The smallest absolute Gasteiger partial charge is 0.407 e. The van der Waals surface area contributed by atoms with E-state index in [1.807, 2.05) is 18.2 Å². The second-order valence-electron chi connectivity index (χ2n) is 8.19. The first kappa shape index (κ1) is 24.4. The van der Waals surface area contributed by atoms with Crippen LogP contribution >= 0.6 is 0 Å². The Kier molecular flexibility index (Phi) is 7.73. The van der Waals surface area contributed by atoms with Crippen molar-refractivity contribution >= 4 is 17.9 Å². The third-order valence-electron chi connectivity index (χ3n) is 5.79. The van der Waals surface area contributed by atoms with Gasteiger partial charge in [-0.2, -0.15) is 4.98 Å². The molecule has 186 valence electrons. The third kappa shape index (κ3) is 6.03. The SMILES string of the molecule is O=C(N[C@@H](CO)C(=O)N1CCN(C(=O)O)CC1)c1cc(O[C@@H]2CCOC2)nc(-c2ccccc2)n1. The van der Waals surface area contributed by atoms with Gasteiger partial charge >= 0.3 is 6.09 Å². The number of nitrogens with one attached hydrogen (secondary N) is 1. The Morgan fingerprint density at radius 1 is 1.11 bits per heavy atom. The van der Waals surface area contributed by atoms with Crippen molar-refractivity contribution in [1.29, 1.82) is 0 Å². The number of carbonyl (C=O) groups excluding carboxylic acids is 2. The Morgan fingerprint density at radius 2 is 1.83 bits per heavy atom. The molecule has 0 spiro atoms. The van der Waals surface area contributed by atoms with Crippen molar-refractivity contribution in [3.8, 4) is 17.3 Å². The molecule has 3 N–H and O–H groups in total. The van der Waals surface area contributed by atoms with Gasteiger partial charge in [0.05, 0.1) is 19.8 Å². The zero-order chi connectivity index (χ0) is 24.8. The minimum Gasteiger partial charge on any atom is -0.472 e. The van der Waals surface area contributed by atoms with Gasteiger partial charge in [-0.15, -0.1) is 0 Å². The van der Waals surface area contributed by atoms with Crippen molar-refractivity contribution in [3.05, 3.63) is 42.1 Å². The standard InChI is InChI=1S/C23H27N5O7/c29-13-18(22(31)27-7-9-28(10-8-27)23(32)33)25-21(30)17-12-19(35-16-6-11-34-14-16)26-20(24-17)15-4-2-1-3-5-15/h1-5,12,16,18,29H,6-11,13-14H2,(H,25,30)(H,32,33)/t16-,18+/m1/s1. The Morgan fingerprint density at radius 3 is 2.46 bits per heavy atom. The van der Waals surface area contributed by atoms with Crippen molar-refractivity contribution in [1.82, 2.24) is 25.1 Å². The number of carbonyl (C=O) groups is 3. The van der Waals surface area contributed by atoms with Gasteiger partial charge in [-0.1, -0.05) is 30.3 Å². The second-order valence-corrected chi connectivity index (χ2v) is 8.19. The Balaban J connectivity index is 1.50. The highest BCUT2D eigenvalue weighted by Crippen LogP contribution is 2.21. The molecule has 2 aromatic rings. The first-order chi connectivity index (χ1) is 16.9. The first-order valence-corrected chi connectivity index (χ1v) is 11.3. The summed E-state index contributed by atoms with van der Waals surface area (Å²) >= 11 is 0. The van der Waals surface area contributed by atoms with E-state index in [1.54, 1.807) is 12.1 Å². The minimum absolute atomic E-state index is 0.0188. The van der Waals surface area contributed by atoms with Crippen LogP contribution in [0.4, 0.5) is 4.79 Å². The highest BCUT2D eigenvalue weighted by atomic mass is 16.5. The Labute approximate surface area is 201 Å². The normalized spacial score (nSPS) is 18.7. The summed E-state index contributed by atoms with van der Waals surface area (Å²) in [6.45, 7) is 1.03. The Hall–Kier alpha value is -3.77. The summed E-state index contributed by atoms with van der Waals surface area (Å²) in [6, 6.07) is 9.28. The molecule has 0 aliphatic carbocycles. The monoisotopic (exact) mass is 485 g/mol. The van der Waals surface area contributed by atoms with Gasteiger partial charge in [-0.25, -0.2) is 9.78 Å². The molecule has 1 aromatic carbocycles. The molecule has 0 unspecified atom stereocenters. The molecule has 2 saturated heterocycles. The number of ether oxygens (including phenoxy) is 2. The van der Waals surface area contributed by atoms with E-state index >= 15 is 0 Å². The predicted molar refractivity (Wildman–Crippen MR) is 122 cm³/mol. The number of carboxylic acid groups (broad SMARTS) is 1. The van der Waals surface area contributed by atoms with E-state index in [4.69, 9.17) is 14.6 Å². The van der Waals surface area contributed by atoms with E-state index in [0.717, 1.165) is 0 Å². The number of rotatable bonds is 7. The fraction of sp³-hybridized carbons (Fsp3) is 0.435. The van der Waals surface area contributed by atoms with Crippen molar-refractivity contribution in [3.63, 3.8) is 0 Å². The van der Waals surface area contributed by atoms with Gasteiger partial charge in [-0.3, -0.25) is 9.59 Å². The second kappa shape index (κ2) is 11.1. The molecule has 12 nitrogen and oxygen atoms in total. The summed E-state index contributed by atoms with van der Waals surface area (Å²) in [5.74, 6) is -0.684. The van der Waals surface area contributed by atoms with Gasteiger partial charge in [0.2, 0.25) is 11.8 Å². The summed E-state index contributed by atoms with van der Waals surface area (Å²) in [7, 11) is 0. The maximum absolute atomic E-state index is 13.1. The molecule has 1 aromatic heterocycles. The quantitative estimate of drug-likeness (QED) is 0.500. The zero-order valence-corrected chi connectivity index (χ0v) is 19.0. The van der Waals surface area contributed by atoms with Crippen LogP contribution in [0.3, 0.4) is 0 Å². The molecule has 35 heavy (non-hydrogen) atoms. The number of amides is 3. The van der Waals surface area contributed by atoms with Crippen LogP contribution in [-0.2, 0) is 9.53 Å². The summed E-state index contributed by atoms with van der Waals surface area (Å²) in [6.07, 6.45) is -0.549. The van der Waals surface area contributed by atoms with Crippen LogP contribution in [0.2, 0.25) is 0 Å². The lowest BCUT2D eigenvalue weighted by molar-refractivity contribution is -0.135. The van der Waals surface area contributed by atoms with E-state index in [-0.39, 0.29) is 49.7 Å². The van der Waals surface area contributed by atoms with Crippen molar-refractivity contribution in [2.75, 3.05) is 46.0 Å². The molecule has 2 fully saturated rings. The lowest BCUT2D eigenvalue weighted by Crippen LogP contribution is -2.56. The van der Waals surface area contributed by atoms with Crippen LogP contribution in [0, 0.1) is 0 Å². The lowest BCUT2D eigenvalue weighted by atomic mass is 10.2. The topological polar surface area (TPSA) is 154 Å². The molecule has 2 aliphatic rings. The van der Waals surface area contributed by atoms with Crippen molar-refractivity contribution in [2.45, 2.75) is 18.6 Å². The summed E-state index contributed by atoms with van der Waals surface area (Å²) in [4.78, 5) is 48.4. The van der Waals surface area contributed by atoms with Gasteiger partial charge in [0.15, 0.2) is 5.82 Å². The molecule has 4 rings (SSSR count). The van der Waals surface area contributed by atoms with Crippen LogP contribution in [0.1, 0.15) is 16.9 Å². The molecule has 0 radical (unpaired) electrons. The maximum atomic E-state index is 13.1. The molecular formula is C23H27N5O7. The van der Waals surface area contributed by atoms with Crippen molar-refractivity contribution in [2.24, 2.45) is 0 Å². The molecule has 3 heterocycles. The number of aliphatic hydroxyl groups is 1. The largest absolute Gasteiger partial charge is 0.472 e. The van der Waals surface area contributed by atoms with E-state index in [1.165, 1.54) is 15.9 Å². The zero-order valence-electron chi connectivity index (χ0n) is 19.0. The van der Waals surface area contributed by atoms with Crippen LogP contribution in [0.5, 0.6) is 5.88 Å². The minimum atomic E-state index is -1.21. The molecule has 2 aliphatic heterocycles.